The summed E-state index contributed by atoms with van der Waals surface area (Å²) in [7, 11) is 1.58. The largest absolute Gasteiger partial charge is 0.484 e. The third-order valence-electron chi connectivity index (χ3n) is 4.05. The molecule has 3 rings (SSSR count). The number of hydrogen-bond donors (Lipinski definition) is 1. The highest BCUT2D eigenvalue weighted by atomic mass is 79.9. The minimum absolute atomic E-state index is 0.0498. The van der Waals surface area contributed by atoms with Gasteiger partial charge < -0.3 is 15.0 Å². The molecule has 0 fully saturated rings. The molecule has 5 nitrogen and oxygen atoms in total. The van der Waals surface area contributed by atoms with Gasteiger partial charge in [0, 0.05) is 22.6 Å². The van der Waals surface area contributed by atoms with Crippen molar-refractivity contribution in [2.24, 2.45) is 0 Å². The van der Waals surface area contributed by atoms with Gasteiger partial charge in [0.15, 0.2) is 6.61 Å². The number of ether oxygens (including phenoxy) is 1. The fourth-order valence-electron chi connectivity index (χ4n) is 2.61. The summed E-state index contributed by atoms with van der Waals surface area (Å²) in [6.07, 6.45) is 0. The van der Waals surface area contributed by atoms with Gasteiger partial charge in [0.1, 0.15) is 5.75 Å². The summed E-state index contributed by atoms with van der Waals surface area (Å²) >= 11 is 3.34. The molecule has 6 heteroatoms. The Balaban J connectivity index is 1.55. The van der Waals surface area contributed by atoms with Crippen molar-refractivity contribution in [3.05, 3.63) is 71.2 Å². The fourth-order valence-corrected chi connectivity index (χ4v) is 2.88. The van der Waals surface area contributed by atoms with Crippen LogP contribution in [0.4, 0.5) is 5.69 Å². The van der Waals surface area contributed by atoms with Crippen LogP contribution in [0.15, 0.2) is 71.2 Å². The molecule has 3 aromatic rings. The van der Waals surface area contributed by atoms with Gasteiger partial charge >= 0.3 is 0 Å². The molecule has 0 aliphatic heterocycles. The minimum Gasteiger partial charge on any atom is -0.484 e. The first-order valence-corrected chi connectivity index (χ1v) is 9.22. The summed E-state index contributed by atoms with van der Waals surface area (Å²) in [5, 5.41) is 4.88. The van der Waals surface area contributed by atoms with Crippen LogP contribution in [-0.4, -0.2) is 36.9 Å². The van der Waals surface area contributed by atoms with Gasteiger partial charge in [-0.05, 0) is 35.7 Å². The van der Waals surface area contributed by atoms with Gasteiger partial charge in [-0.15, -0.1) is 0 Å². The Labute approximate surface area is 166 Å². The second-order valence-corrected chi connectivity index (χ2v) is 6.98. The Hall–Kier alpha value is -2.86. The molecular formula is C21H19BrN2O3. The first-order chi connectivity index (χ1) is 13.0. The van der Waals surface area contributed by atoms with Crippen LogP contribution < -0.4 is 10.1 Å². The Morgan fingerprint density at radius 1 is 1.00 bits per heavy atom. The van der Waals surface area contributed by atoms with E-state index in [0.29, 0.717) is 5.75 Å². The number of nitrogens with one attached hydrogen (secondary N) is 1. The van der Waals surface area contributed by atoms with Gasteiger partial charge in [-0.3, -0.25) is 9.59 Å². The van der Waals surface area contributed by atoms with E-state index >= 15 is 0 Å². The molecule has 0 heterocycles. The molecule has 0 bridgehead atoms. The average Bonchev–Trinajstić information content (AvgIpc) is 2.67. The first-order valence-electron chi connectivity index (χ1n) is 8.43. The number of carbonyl (C=O) groups excluding carboxylic acids is 2. The molecule has 0 saturated heterocycles. The molecule has 0 spiro atoms. The Morgan fingerprint density at radius 3 is 2.48 bits per heavy atom. The summed E-state index contributed by atoms with van der Waals surface area (Å²) < 4.78 is 6.39. The van der Waals surface area contributed by atoms with Crippen molar-refractivity contribution in [1.82, 2.24) is 4.90 Å². The predicted molar refractivity (Wildman–Crippen MR) is 110 cm³/mol. The molecule has 27 heavy (non-hydrogen) atoms. The minimum atomic E-state index is -0.272. The van der Waals surface area contributed by atoms with Crippen LogP contribution in [0.25, 0.3) is 10.8 Å². The number of halogens is 1. The summed E-state index contributed by atoms with van der Waals surface area (Å²) in [6.45, 7) is -0.175. The molecule has 0 unspecified atom stereocenters. The van der Waals surface area contributed by atoms with Gasteiger partial charge in [-0.25, -0.2) is 0 Å². The SMILES string of the molecule is CN(CC(=O)Nc1cccc2ccccc12)C(=O)COc1ccc(Br)cc1. The quantitative estimate of drug-likeness (QED) is 0.645. The van der Waals surface area contributed by atoms with Crippen molar-refractivity contribution in [2.45, 2.75) is 0 Å². The van der Waals surface area contributed by atoms with Crippen LogP contribution >= 0.6 is 15.9 Å². The monoisotopic (exact) mass is 426 g/mol. The average molecular weight is 427 g/mol. The predicted octanol–water partition coefficient (Wildman–Crippen LogP) is 4.08. The van der Waals surface area contributed by atoms with Crippen molar-refractivity contribution < 1.29 is 14.3 Å². The summed E-state index contributed by atoms with van der Waals surface area (Å²) in [5.41, 5.74) is 0.727. The zero-order valence-corrected chi connectivity index (χ0v) is 16.4. The zero-order valence-electron chi connectivity index (χ0n) is 14.8. The molecule has 3 aromatic carbocycles. The van der Waals surface area contributed by atoms with Crippen molar-refractivity contribution in [1.29, 1.82) is 0 Å². The molecule has 2 amide bonds. The van der Waals surface area contributed by atoms with Crippen molar-refractivity contribution >= 4 is 44.2 Å². The van der Waals surface area contributed by atoms with E-state index < -0.39 is 0 Å². The van der Waals surface area contributed by atoms with Crippen LogP contribution in [0.1, 0.15) is 0 Å². The highest BCUT2D eigenvalue weighted by Crippen LogP contribution is 2.22. The number of carbonyl (C=O) groups is 2. The van der Waals surface area contributed by atoms with Gasteiger partial charge in [-0.1, -0.05) is 52.3 Å². The van der Waals surface area contributed by atoms with Crippen molar-refractivity contribution in [2.75, 3.05) is 25.5 Å². The summed E-state index contributed by atoms with van der Waals surface area (Å²) in [4.78, 5) is 25.9. The number of rotatable bonds is 6. The number of likely N-dealkylation sites (N-methyl/N-ethyl adjacent to an activating group) is 1. The zero-order chi connectivity index (χ0) is 19.2. The Bertz CT molecular complexity index is 952. The molecule has 0 radical (unpaired) electrons. The lowest BCUT2D eigenvalue weighted by molar-refractivity contribution is -0.135. The maximum absolute atomic E-state index is 12.3. The van der Waals surface area contributed by atoms with E-state index in [0.717, 1.165) is 20.9 Å². The lowest BCUT2D eigenvalue weighted by Crippen LogP contribution is -2.37. The summed E-state index contributed by atoms with van der Waals surface area (Å²) in [6, 6.07) is 20.7. The van der Waals surface area contributed by atoms with Crippen LogP contribution in [0.3, 0.4) is 0 Å². The van der Waals surface area contributed by atoms with Gasteiger partial charge in [0.2, 0.25) is 5.91 Å². The third-order valence-corrected chi connectivity index (χ3v) is 4.57. The van der Waals surface area contributed by atoms with E-state index in [1.807, 2.05) is 54.6 Å². The lowest BCUT2D eigenvalue weighted by atomic mass is 10.1. The third kappa shape index (κ3) is 5.08. The molecule has 138 valence electrons. The number of amides is 2. The highest BCUT2D eigenvalue weighted by molar-refractivity contribution is 9.10. The molecule has 0 aliphatic rings. The van der Waals surface area contributed by atoms with Crippen LogP contribution in [-0.2, 0) is 9.59 Å². The Kier molecular flexibility index (Phi) is 6.08. The van der Waals surface area contributed by atoms with Gasteiger partial charge in [-0.2, -0.15) is 0 Å². The topological polar surface area (TPSA) is 58.6 Å². The van der Waals surface area contributed by atoms with Gasteiger partial charge in [0.25, 0.3) is 5.91 Å². The molecule has 0 aromatic heterocycles. The van der Waals surface area contributed by atoms with Gasteiger partial charge in [0.05, 0.1) is 6.54 Å². The fraction of sp³-hybridized carbons (Fsp3) is 0.143. The maximum Gasteiger partial charge on any atom is 0.260 e. The smallest absolute Gasteiger partial charge is 0.260 e. The number of hydrogen-bond acceptors (Lipinski definition) is 3. The van der Waals surface area contributed by atoms with Crippen LogP contribution in [0.2, 0.25) is 0 Å². The van der Waals surface area contributed by atoms with E-state index in [4.69, 9.17) is 4.74 Å². The Morgan fingerprint density at radius 2 is 1.70 bits per heavy atom. The maximum atomic E-state index is 12.3. The van der Waals surface area contributed by atoms with E-state index in [1.54, 1.807) is 19.2 Å². The van der Waals surface area contributed by atoms with Crippen LogP contribution in [0.5, 0.6) is 5.75 Å². The molecular weight excluding hydrogens is 408 g/mol. The van der Waals surface area contributed by atoms with Crippen LogP contribution in [0, 0.1) is 0 Å². The molecule has 0 aliphatic carbocycles. The molecule has 0 saturated carbocycles. The van der Waals surface area contributed by atoms with Crippen molar-refractivity contribution in [3.8, 4) is 5.75 Å². The number of nitrogens with zero attached hydrogens (tertiary/aromatic N) is 1. The molecule has 1 N–H and O–H groups in total. The second kappa shape index (κ2) is 8.68. The summed E-state index contributed by atoms with van der Waals surface area (Å²) in [5.74, 6) is 0.0667. The number of benzene rings is 3. The van der Waals surface area contributed by atoms with Crippen molar-refractivity contribution in [3.63, 3.8) is 0 Å². The normalized spacial score (nSPS) is 10.4. The number of anilines is 1. The van der Waals surface area contributed by atoms with E-state index in [1.165, 1.54) is 4.90 Å². The first kappa shape index (κ1) is 18.9. The van der Waals surface area contributed by atoms with E-state index in [-0.39, 0.29) is 25.0 Å². The highest BCUT2D eigenvalue weighted by Gasteiger charge is 2.14. The van der Waals surface area contributed by atoms with E-state index in [9.17, 15) is 9.59 Å². The molecule has 0 atom stereocenters. The lowest BCUT2D eigenvalue weighted by Gasteiger charge is -2.17. The standard InChI is InChI=1S/C21H19BrN2O3/c1-24(21(26)14-27-17-11-9-16(22)10-12-17)13-20(25)23-19-8-4-6-15-5-2-3-7-18(15)19/h2-12H,13-14H2,1H3,(H,23,25). The second-order valence-electron chi connectivity index (χ2n) is 6.07. The van der Waals surface area contributed by atoms with E-state index in [2.05, 4.69) is 21.2 Å². The number of fused-ring (bicyclic) bond motifs is 1.